The van der Waals surface area contributed by atoms with Crippen LogP contribution in [0, 0.1) is 6.92 Å². The maximum atomic E-state index is 2.30. The molecule has 0 N–H and O–H groups in total. The number of para-hydroxylation sites is 2. The minimum absolute atomic E-state index is 1.14. The summed E-state index contributed by atoms with van der Waals surface area (Å²) in [5, 5.41) is 0. The molecule has 2 nitrogen and oxygen atoms in total. The zero-order valence-electron chi connectivity index (χ0n) is 16.3. The van der Waals surface area contributed by atoms with E-state index in [0.717, 1.165) is 22.7 Å². The third-order valence-electron chi connectivity index (χ3n) is 4.89. The van der Waals surface area contributed by atoms with Gasteiger partial charge in [-0.15, -0.1) is 0 Å². The third kappa shape index (κ3) is 3.77. The molecule has 0 heterocycles. The molecule has 0 aliphatic heterocycles. The number of benzene rings is 4. The van der Waals surface area contributed by atoms with Crippen LogP contribution in [0.5, 0.6) is 0 Å². The van der Waals surface area contributed by atoms with Gasteiger partial charge in [0, 0.05) is 35.5 Å². The highest BCUT2D eigenvalue weighted by Crippen LogP contribution is 2.37. The highest BCUT2D eigenvalue weighted by Gasteiger charge is 2.14. The van der Waals surface area contributed by atoms with Crippen LogP contribution in [0.1, 0.15) is 5.56 Å². The standard InChI is InChI=1S/C26H24N2/c1-21-11-9-17-25(19-21)28(23-14-7-4-8-15-23)26-18-10-16-24(20-26)27(2)22-12-5-3-6-13-22/h3-20H,1-2H3. The Hall–Kier alpha value is -3.52. The van der Waals surface area contributed by atoms with Crippen LogP contribution in [-0.4, -0.2) is 7.05 Å². The van der Waals surface area contributed by atoms with Crippen LogP contribution in [0.3, 0.4) is 0 Å². The van der Waals surface area contributed by atoms with Crippen molar-refractivity contribution in [3.8, 4) is 0 Å². The Labute approximate surface area is 167 Å². The second-order valence-corrected chi connectivity index (χ2v) is 6.92. The Morgan fingerprint density at radius 2 is 0.964 bits per heavy atom. The van der Waals surface area contributed by atoms with Gasteiger partial charge < -0.3 is 9.80 Å². The van der Waals surface area contributed by atoms with Gasteiger partial charge in [0.25, 0.3) is 0 Å². The fourth-order valence-corrected chi connectivity index (χ4v) is 3.43. The van der Waals surface area contributed by atoms with E-state index in [4.69, 9.17) is 0 Å². The molecule has 0 aromatic heterocycles. The summed E-state index contributed by atoms with van der Waals surface area (Å²) < 4.78 is 0. The number of hydrogen-bond acceptors (Lipinski definition) is 2. The van der Waals surface area contributed by atoms with Gasteiger partial charge in [0.2, 0.25) is 0 Å². The molecule has 4 rings (SSSR count). The lowest BCUT2D eigenvalue weighted by molar-refractivity contribution is 1.20. The van der Waals surface area contributed by atoms with Crippen molar-refractivity contribution >= 4 is 28.4 Å². The van der Waals surface area contributed by atoms with E-state index in [9.17, 15) is 0 Å². The highest BCUT2D eigenvalue weighted by molar-refractivity contribution is 5.79. The molecule has 0 aliphatic rings. The second kappa shape index (κ2) is 8.01. The van der Waals surface area contributed by atoms with E-state index in [1.807, 2.05) is 6.07 Å². The van der Waals surface area contributed by atoms with Gasteiger partial charge in [0.05, 0.1) is 0 Å². The van der Waals surface area contributed by atoms with Gasteiger partial charge in [0.1, 0.15) is 0 Å². The minimum atomic E-state index is 1.14. The molecule has 0 aliphatic carbocycles. The summed E-state index contributed by atoms with van der Waals surface area (Å²) in [6.45, 7) is 2.13. The Balaban J connectivity index is 1.79. The summed E-state index contributed by atoms with van der Waals surface area (Å²) in [6, 6.07) is 38.2. The molecule has 138 valence electrons. The SMILES string of the molecule is Cc1cccc(N(c2ccccc2)c2cccc(N(C)c3ccccc3)c2)c1. The van der Waals surface area contributed by atoms with Crippen LogP contribution in [0.2, 0.25) is 0 Å². The zero-order valence-corrected chi connectivity index (χ0v) is 16.3. The summed E-state index contributed by atoms with van der Waals surface area (Å²) in [5.41, 5.74) is 7.00. The van der Waals surface area contributed by atoms with E-state index in [-0.39, 0.29) is 0 Å². The Bertz CT molecular complexity index is 1040. The zero-order chi connectivity index (χ0) is 19.3. The Morgan fingerprint density at radius 3 is 1.61 bits per heavy atom. The highest BCUT2D eigenvalue weighted by atomic mass is 15.2. The van der Waals surface area contributed by atoms with Crippen molar-refractivity contribution in [2.24, 2.45) is 0 Å². The fraction of sp³-hybridized carbons (Fsp3) is 0.0769. The molecule has 28 heavy (non-hydrogen) atoms. The van der Waals surface area contributed by atoms with Crippen molar-refractivity contribution in [3.05, 3.63) is 115 Å². The summed E-state index contributed by atoms with van der Waals surface area (Å²) in [7, 11) is 2.11. The number of nitrogens with zero attached hydrogens (tertiary/aromatic N) is 2. The number of hydrogen-bond donors (Lipinski definition) is 0. The molecule has 0 spiro atoms. The molecule has 4 aromatic carbocycles. The lowest BCUT2D eigenvalue weighted by Crippen LogP contribution is -2.13. The molecule has 0 amide bonds. The summed E-state index contributed by atoms with van der Waals surface area (Å²) in [5.74, 6) is 0. The van der Waals surface area contributed by atoms with Crippen molar-refractivity contribution < 1.29 is 0 Å². The van der Waals surface area contributed by atoms with Crippen molar-refractivity contribution in [2.45, 2.75) is 6.92 Å². The van der Waals surface area contributed by atoms with E-state index in [2.05, 4.69) is 127 Å². The third-order valence-corrected chi connectivity index (χ3v) is 4.89. The van der Waals surface area contributed by atoms with Gasteiger partial charge in [-0.05, 0) is 67.1 Å². The lowest BCUT2D eigenvalue weighted by atomic mass is 10.1. The largest absolute Gasteiger partial charge is 0.345 e. The molecule has 4 aromatic rings. The average molecular weight is 364 g/mol. The quantitative estimate of drug-likeness (QED) is 0.368. The first-order chi connectivity index (χ1) is 13.7. The first kappa shape index (κ1) is 17.9. The number of anilines is 5. The maximum Gasteiger partial charge on any atom is 0.0482 e. The van der Waals surface area contributed by atoms with E-state index in [0.29, 0.717) is 0 Å². The van der Waals surface area contributed by atoms with Crippen LogP contribution in [-0.2, 0) is 0 Å². The van der Waals surface area contributed by atoms with Crippen LogP contribution < -0.4 is 9.80 Å². The van der Waals surface area contributed by atoms with Crippen molar-refractivity contribution in [1.29, 1.82) is 0 Å². The van der Waals surface area contributed by atoms with Crippen molar-refractivity contribution in [2.75, 3.05) is 16.8 Å². The smallest absolute Gasteiger partial charge is 0.0482 e. The maximum absolute atomic E-state index is 2.30. The normalized spacial score (nSPS) is 10.5. The number of rotatable bonds is 5. The minimum Gasteiger partial charge on any atom is -0.345 e. The van der Waals surface area contributed by atoms with Gasteiger partial charge >= 0.3 is 0 Å². The van der Waals surface area contributed by atoms with Crippen LogP contribution in [0.15, 0.2) is 109 Å². The van der Waals surface area contributed by atoms with E-state index in [1.54, 1.807) is 0 Å². The van der Waals surface area contributed by atoms with E-state index < -0.39 is 0 Å². The molecule has 0 bridgehead atoms. The molecule has 0 radical (unpaired) electrons. The molecule has 2 heteroatoms. The van der Waals surface area contributed by atoms with Gasteiger partial charge in [0.15, 0.2) is 0 Å². The summed E-state index contributed by atoms with van der Waals surface area (Å²) in [4.78, 5) is 4.51. The second-order valence-electron chi connectivity index (χ2n) is 6.92. The summed E-state index contributed by atoms with van der Waals surface area (Å²) in [6.07, 6.45) is 0. The van der Waals surface area contributed by atoms with E-state index >= 15 is 0 Å². The topological polar surface area (TPSA) is 6.48 Å². The molecular formula is C26H24N2. The summed E-state index contributed by atoms with van der Waals surface area (Å²) >= 11 is 0. The molecule has 0 saturated heterocycles. The van der Waals surface area contributed by atoms with Gasteiger partial charge in [-0.1, -0.05) is 54.6 Å². The predicted octanol–water partition coefficient (Wildman–Crippen LogP) is 7.23. The Morgan fingerprint density at radius 1 is 0.464 bits per heavy atom. The lowest BCUT2D eigenvalue weighted by Gasteiger charge is -2.27. The van der Waals surface area contributed by atoms with E-state index in [1.165, 1.54) is 11.3 Å². The number of aryl methyl sites for hydroxylation is 1. The molecule has 0 atom stereocenters. The van der Waals surface area contributed by atoms with Gasteiger partial charge in [-0.25, -0.2) is 0 Å². The van der Waals surface area contributed by atoms with Crippen LogP contribution in [0.25, 0.3) is 0 Å². The average Bonchev–Trinajstić information content (AvgIpc) is 2.75. The van der Waals surface area contributed by atoms with Crippen LogP contribution in [0.4, 0.5) is 28.4 Å². The van der Waals surface area contributed by atoms with Gasteiger partial charge in [-0.2, -0.15) is 0 Å². The monoisotopic (exact) mass is 364 g/mol. The molecular weight excluding hydrogens is 340 g/mol. The van der Waals surface area contributed by atoms with Crippen LogP contribution >= 0.6 is 0 Å². The van der Waals surface area contributed by atoms with Crippen molar-refractivity contribution in [3.63, 3.8) is 0 Å². The predicted molar refractivity (Wildman–Crippen MR) is 120 cm³/mol. The van der Waals surface area contributed by atoms with Gasteiger partial charge in [-0.3, -0.25) is 0 Å². The molecule has 0 saturated carbocycles. The Kier molecular flexibility index (Phi) is 5.11. The first-order valence-corrected chi connectivity index (χ1v) is 9.53. The molecule has 0 fully saturated rings. The fourth-order valence-electron chi connectivity index (χ4n) is 3.43. The molecule has 0 unspecified atom stereocenters. The first-order valence-electron chi connectivity index (χ1n) is 9.53. The van der Waals surface area contributed by atoms with Crippen molar-refractivity contribution in [1.82, 2.24) is 0 Å².